The second kappa shape index (κ2) is 9.52. The van der Waals surface area contributed by atoms with Gasteiger partial charge in [0.05, 0.1) is 4.90 Å². The van der Waals surface area contributed by atoms with E-state index in [0.717, 1.165) is 16.8 Å². The second-order valence-electron chi connectivity index (χ2n) is 6.64. The molecule has 3 rings (SSSR count). The number of amides is 1. The molecule has 0 aromatic heterocycles. The van der Waals surface area contributed by atoms with Crippen molar-refractivity contribution < 1.29 is 13.2 Å². The molecule has 1 aliphatic rings. The third kappa shape index (κ3) is 4.72. The molecule has 2 aromatic carbocycles. The maximum absolute atomic E-state index is 13.1. The van der Waals surface area contributed by atoms with Crippen LogP contribution in [0.5, 0.6) is 0 Å². The Balaban J connectivity index is 0.00000280. The first-order valence-electron chi connectivity index (χ1n) is 9.08. The van der Waals surface area contributed by atoms with Crippen LogP contribution in [0.25, 0.3) is 0 Å². The molecule has 0 spiro atoms. The van der Waals surface area contributed by atoms with Gasteiger partial charge in [-0.25, -0.2) is 8.42 Å². The molecule has 1 heterocycles. The van der Waals surface area contributed by atoms with Crippen molar-refractivity contribution in [2.24, 2.45) is 5.73 Å². The third-order valence-electron chi connectivity index (χ3n) is 4.84. The number of sulfonamides is 1. The predicted molar refractivity (Wildman–Crippen MR) is 113 cm³/mol. The third-order valence-corrected chi connectivity index (χ3v) is 6.73. The van der Waals surface area contributed by atoms with Crippen molar-refractivity contribution in [1.29, 1.82) is 0 Å². The maximum atomic E-state index is 13.1. The van der Waals surface area contributed by atoms with Crippen molar-refractivity contribution in [2.45, 2.75) is 24.7 Å². The van der Waals surface area contributed by atoms with E-state index >= 15 is 0 Å². The molecule has 0 saturated heterocycles. The van der Waals surface area contributed by atoms with Gasteiger partial charge in [0, 0.05) is 38.8 Å². The number of fused-ring (bicyclic) bond motifs is 1. The van der Waals surface area contributed by atoms with Gasteiger partial charge in [-0.2, -0.15) is 4.31 Å². The number of benzene rings is 2. The Hall–Kier alpha value is -1.93. The molecular formula is C20H26ClN3O3S. The zero-order valence-corrected chi connectivity index (χ0v) is 17.5. The summed E-state index contributed by atoms with van der Waals surface area (Å²) in [5.74, 6) is -0.0306. The smallest absolute Gasteiger partial charge is 0.243 e. The lowest BCUT2D eigenvalue weighted by atomic mass is 10.1. The fourth-order valence-electron chi connectivity index (χ4n) is 3.41. The normalized spacial score (nSPS) is 13.3. The highest BCUT2D eigenvalue weighted by molar-refractivity contribution is 7.89. The molecule has 2 aromatic rings. The van der Waals surface area contributed by atoms with Gasteiger partial charge < -0.3 is 10.6 Å². The average molecular weight is 424 g/mol. The van der Waals surface area contributed by atoms with Gasteiger partial charge in [0.1, 0.15) is 0 Å². The minimum atomic E-state index is -3.64. The lowest BCUT2D eigenvalue weighted by molar-refractivity contribution is -0.116. The van der Waals surface area contributed by atoms with E-state index in [2.05, 4.69) is 0 Å². The zero-order chi connectivity index (χ0) is 19.4. The van der Waals surface area contributed by atoms with Crippen LogP contribution in [0.4, 0.5) is 5.69 Å². The quantitative estimate of drug-likeness (QED) is 0.740. The largest absolute Gasteiger partial charge is 0.329 e. The van der Waals surface area contributed by atoms with E-state index in [1.807, 2.05) is 30.3 Å². The monoisotopic (exact) mass is 423 g/mol. The molecule has 0 fully saturated rings. The molecule has 0 bridgehead atoms. The van der Waals surface area contributed by atoms with Crippen molar-refractivity contribution >= 4 is 34.0 Å². The predicted octanol–water partition coefficient (Wildman–Crippen LogP) is 2.21. The van der Waals surface area contributed by atoms with Crippen LogP contribution in [-0.2, 0) is 27.7 Å². The van der Waals surface area contributed by atoms with Crippen molar-refractivity contribution in [3.63, 3.8) is 0 Å². The van der Waals surface area contributed by atoms with Gasteiger partial charge >= 0.3 is 0 Å². The second-order valence-corrected chi connectivity index (χ2v) is 8.58. The van der Waals surface area contributed by atoms with E-state index in [0.29, 0.717) is 25.9 Å². The Morgan fingerprint density at radius 2 is 1.86 bits per heavy atom. The van der Waals surface area contributed by atoms with Crippen LogP contribution in [0, 0.1) is 0 Å². The molecule has 1 amide bonds. The Bertz CT molecular complexity index is 920. The summed E-state index contributed by atoms with van der Waals surface area (Å²) < 4.78 is 27.7. The molecule has 0 aliphatic carbocycles. The number of carbonyl (C=O) groups is 1. The minimum absolute atomic E-state index is 0. The van der Waals surface area contributed by atoms with Crippen LogP contribution in [0.15, 0.2) is 53.4 Å². The maximum Gasteiger partial charge on any atom is 0.243 e. The lowest BCUT2D eigenvalue weighted by Gasteiger charge is -2.22. The fraction of sp³-hybridized carbons (Fsp3) is 0.350. The molecule has 2 N–H and O–H groups in total. The molecule has 6 nitrogen and oxygen atoms in total. The van der Waals surface area contributed by atoms with Crippen molar-refractivity contribution in [1.82, 2.24) is 4.31 Å². The molecular weight excluding hydrogens is 398 g/mol. The van der Waals surface area contributed by atoms with E-state index in [4.69, 9.17) is 5.73 Å². The number of halogens is 1. The molecule has 0 atom stereocenters. The SMILES string of the molecule is CC(=O)N1CCc2cc(S(=O)(=O)N(CCN)CCc3ccccc3)ccc21.Cl. The van der Waals surface area contributed by atoms with Crippen molar-refractivity contribution in [2.75, 3.05) is 31.1 Å². The van der Waals surface area contributed by atoms with Crippen LogP contribution < -0.4 is 10.6 Å². The number of carbonyl (C=O) groups excluding carboxylic acids is 1. The molecule has 8 heteroatoms. The number of anilines is 1. The number of rotatable bonds is 7. The van der Waals surface area contributed by atoms with Gasteiger partial charge in [0.15, 0.2) is 0 Å². The van der Waals surface area contributed by atoms with Crippen molar-refractivity contribution in [3.05, 3.63) is 59.7 Å². The molecule has 0 unspecified atom stereocenters. The molecule has 28 heavy (non-hydrogen) atoms. The highest BCUT2D eigenvalue weighted by Crippen LogP contribution is 2.31. The zero-order valence-electron chi connectivity index (χ0n) is 15.9. The van der Waals surface area contributed by atoms with Gasteiger partial charge in [-0.1, -0.05) is 30.3 Å². The Morgan fingerprint density at radius 1 is 1.14 bits per heavy atom. The Kier molecular flexibility index (Phi) is 7.60. The van der Waals surface area contributed by atoms with E-state index in [-0.39, 0.29) is 36.3 Å². The van der Waals surface area contributed by atoms with Gasteiger partial charge in [-0.05, 0) is 42.2 Å². The molecule has 152 valence electrons. The van der Waals surface area contributed by atoms with E-state index < -0.39 is 10.0 Å². The van der Waals surface area contributed by atoms with Gasteiger partial charge in [-0.15, -0.1) is 12.4 Å². The lowest BCUT2D eigenvalue weighted by Crippen LogP contribution is -2.37. The van der Waals surface area contributed by atoms with E-state index in [1.165, 1.54) is 11.2 Å². The summed E-state index contributed by atoms with van der Waals surface area (Å²) in [6.45, 7) is 3.02. The van der Waals surface area contributed by atoms with Crippen LogP contribution in [0.2, 0.25) is 0 Å². The minimum Gasteiger partial charge on any atom is -0.329 e. The number of hydrogen-bond acceptors (Lipinski definition) is 4. The highest BCUT2D eigenvalue weighted by atomic mass is 35.5. The first-order chi connectivity index (χ1) is 12.9. The summed E-state index contributed by atoms with van der Waals surface area (Å²) in [4.78, 5) is 13.6. The highest BCUT2D eigenvalue weighted by Gasteiger charge is 2.28. The summed E-state index contributed by atoms with van der Waals surface area (Å²) in [5, 5.41) is 0. The number of nitrogens with two attached hydrogens (primary N) is 1. The van der Waals surface area contributed by atoms with E-state index in [9.17, 15) is 13.2 Å². The standard InChI is InChI=1S/C20H25N3O3S.ClH/c1-16(24)23-13-10-18-15-19(7-8-20(18)23)27(25,26)22(14-11-21)12-9-17-5-3-2-4-6-17;/h2-8,15H,9-14,21H2,1H3;1H. The number of nitrogens with zero attached hydrogens (tertiary/aromatic N) is 2. The Labute approximate surface area is 172 Å². The summed E-state index contributed by atoms with van der Waals surface area (Å²) >= 11 is 0. The summed E-state index contributed by atoms with van der Waals surface area (Å²) in [6, 6.07) is 14.8. The topological polar surface area (TPSA) is 83.7 Å². The summed E-state index contributed by atoms with van der Waals surface area (Å²) in [6.07, 6.45) is 1.29. The Morgan fingerprint density at radius 3 is 2.50 bits per heavy atom. The molecule has 0 saturated carbocycles. The fourth-order valence-corrected chi connectivity index (χ4v) is 4.92. The van der Waals surface area contributed by atoms with Crippen molar-refractivity contribution in [3.8, 4) is 0 Å². The molecule has 1 aliphatic heterocycles. The first kappa shape index (κ1) is 22.4. The molecule has 0 radical (unpaired) electrons. The number of hydrogen-bond donors (Lipinski definition) is 1. The van der Waals surface area contributed by atoms with E-state index in [1.54, 1.807) is 23.1 Å². The first-order valence-corrected chi connectivity index (χ1v) is 10.5. The van der Waals surface area contributed by atoms with Crippen LogP contribution in [-0.4, -0.2) is 44.8 Å². The van der Waals surface area contributed by atoms with Crippen LogP contribution in [0.3, 0.4) is 0 Å². The average Bonchev–Trinajstić information content (AvgIpc) is 3.09. The van der Waals surface area contributed by atoms with Gasteiger partial charge in [-0.3, -0.25) is 4.79 Å². The van der Waals surface area contributed by atoms with Crippen LogP contribution >= 0.6 is 12.4 Å². The van der Waals surface area contributed by atoms with Crippen LogP contribution in [0.1, 0.15) is 18.1 Å². The van der Waals surface area contributed by atoms with Gasteiger partial charge in [0.2, 0.25) is 15.9 Å². The summed E-state index contributed by atoms with van der Waals surface area (Å²) in [5.41, 5.74) is 8.44. The van der Waals surface area contributed by atoms with Gasteiger partial charge in [0.25, 0.3) is 0 Å². The summed E-state index contributed by atoms with van der Waals surface area (Å²) in [7, 11) is -3.64.